The van der Waals surface area contributed by atoms with Gasteiger partial charge in [-0.1, -0.05) is 51.5 Å². The van der Waals surface area contributed by atoms with E-state index in [0.717, 1.165) is 64.0 Å². The summed E-state index contributed by atoms with van der Waals surface area (Å²) in [5, 5.41) is 0.782. The molecule has 2 unspecified atom stereocenters. The summed E-state index contributed by atoms with van der Waals surface area (Å²) < 4.78 is 3.28. The molecule has 0 radical (unpaired) electrons. The van der Waals surface area contributed by atoms with E-state index in [1.165, 1.54) is 24.8 Å². The zero-order valence-electron chi connectivity index (χ0n) is 22.6. The Morgan fingerprint density at radius 1 is 1.11 bits per heavy atom. The van der Waals surface area contributed by atoms with E-state index in [0.29, 0.717) is 18.4 Å². The molecule has 0 spiro atoms. The Morgan fingerprint density at radius 3 is 2.68 bits per heavy atom. The fraction of sp³-hybridized carbons (Fsp3) is 0.367. The molecule has 8 heteroatoms. The molecule has 3 aromatic heterocycles. The molecule has 3 aromatic rings. The molecule has 0 saturated heterocycles. The van der Waals surface area contributed by atoms with Crippen molar-refractivity contribution in [1.29, 1.82) is 0 Å². The molecule has 1 N–H and O–H groups in total. The van der Waals surface area contributed by atoms with Crippen LogP contribution in [-0.2, 0) is 6.54 Å². The van der Waals surface area contributed by atoms with Crippen LogP contribution < -0.4 is 9.62 Å². The summed E-state index contributed by atoms with van der Waals surface area (Å²) in [5.41, 5.74) is 5.79. The molecular weight excluding hydrogens is 490 g/mol. The Balaban J connectivity index is 1.52. The Morgan fingerprint density at radius 2 is 1.95 bits per heavy atom. The molecule has 1 fully saturated rings. The summed E-state index contributed by atoms with van der Waals surface area (Å²) in [7, 11) is 0. The van der Waals surface area contributed by atoms with Crippen molar-refractivity contribution in [3.8, 4) is 0 Å². The van der Waals surface area contributed by atoms with Gasteiger partial charge in [-0.15, -0.1) is 0 Å². The highest BCUT2D eigenvalue weighted by molar-refractivity contribution is 8.00. The van der Waals surface area contributed by atoms with Gasteiger partial charge in [0, 0.05) is 23.8 Å². The second-order valence-electron chi connectivity index (χ2n) is 9.99. The molecule has 3 heterocycles. The molecule has 1 aliphatic rings. The maximum Gasteiger partial charge on any atom is 0.152 e. The van der Waals surface area contributed by atoms with E-state index >= 15 is 0 Å². The minimum atomic E-state index is 0.412. The van der Waals surface area contributed by atoms with E-state index in [-0.39, 0.29) is 0 Å². The number of hydrogen-bond acceptors (Lipinski definition) is 8. The molecule has 38 heavy (non-hydrogen) atoms. The lowest BCUT2D eigenvalue weighted by Crippen LogP contribution is -2.30. The van der Waals surface area contributed by atoms with E-state index in [2.05, 4.69) is 51.6 Å². The molecule has 4 rings (SSSR count). The summed E-state index contributed by atoms with van der Waals surface area (Å²) in [6, 6.07) is 2.04. The monoisotopic (exact) mass is 527 g/mol. The predicted octanol–water partition coefficient (Wildman–Crippen LogP) is 7.42. The number of aromatic nitrogens is 5. The summed E-state index contributed by atoms with van der Waals surface area (Å²) in [4.78, 5) is 25.1. The Kier molecular flexibility index (Phi) is 9.65. The van der Waals surface area contributed by atoms with Crippen molar-refractivity contribution < 1.29 is 0 Å². The van der Waals surface area contributed by atoms with Crippen molar-refractivity contribution in [2.75, 3.05) is 9.62 Å². The molecular formula is C30H37N7S. The standard InChI is InChI=1S/C30H37N7S/c1-6-21(2)10-11-26-15-32-18-29(35-26)37(24(5)25-9-7-8-22(3)12-25)20-28-17-34-30(19-33-28)38-36-27-13-23(4)14-31-16-27/h10-11,13-19,22,25,36H,2,5-9,12,20H2,1,3-4H3/b11-10+. The number of allylic oxidation sites excluding steroid dienone is 3. The highest BCUT2D eigenvalue weighted by Crippen LogP contribution is 2.36. The van der Waals surface area contributed by atoms with E-state index < -0.39 is 0 Å². The van der Waals surface area contributed by atoms with Crippen molar-refractivity contribution in [2.24, 2.45) is 11.8 Å². The highest BCUT2D eigenvalue weighted by atomic mass is 32.2. The van der Waals surface area contributed by atoms with Crippen molar-refractivity contribution in [2.45, 2.75) is 64.4 Å². The van der Waals surface area contributed by atoms with Crippen molar-refractivity contribution >= 4 is 29.5 Å². The number of anilines is 2. The van der Waals surface area contributed by atoms with E-state index in [1.54, 1.807) is 24.8 Å². The highest BCUT2D eigenvalue weighted by Gasteiger charge is 2.26. The third-order valence-corrected chi connectivity index (χ3v) is 7.52. The van der Waals surface area contributed by atoms with Crippen LogP contribution in [0.15, 0.2) is 78.8 Å². The quantitative estimate of drug-likeness (QED) is 0.204. The first-order valence-corrected chi connectivity index (χ1v) is 14.0. The maximum absolute atomic E-state index is 4.90. The number of pyridine rings is 1. The minimum absolute atomic E-state index is 0.412. The second kappa shape index (κ2) is 13.3. The summed E-state index contributed by atoms with van der Waals surface area (Å²) in [6.07, 6.45) is 20.5. The third kappa shape index (κ3) is 7.74. The number of rotatable bonds is 11. The third-order valence-electron chi connectivity index (χ3n) is 6.77. The summed E-state index contributed by atoms with van der Waals surface area (Å²) in [5.74, 6) is 1.88. The molecule has 2 atom stereocenters. The molecule has 1 saturated carbocycles. The van der Waals surface area contributed by atoms with E-state index in [9.17, 15) is 0 Å². The average molecular weight is 528 g/mol. The van der Waals surface area contributed by atoms with Gasteiger partial charge >= 0.3 is 0 Å². The van der Waals surface area contributed by atoms with Gasteiger partial charge in [-0.3, -0.25) is 15.0 Å². The first-order chi connectivity index (χ1) is 18.4. The van der Waals surface area contributed by atoms with Gasteiger partial charge in [0.2, 0.25) is 0 Å². The van der Waals surface area contributed by atoms with Gasteiger partial charge in [0.05, 0.1) is 54.6 Å². The van der Waals surface area contributed by atoms with E-state index in [1.807, 2.05) is 37.5 Å². The summed E-state index contributed by atoms with van der Waals surface area (Å²) >= 11 is 1.42. The van der Waals surface area contributed by atoms with Gasteiger partial charge in [0.25, 0.3) is 0 Å². The zero-order chi connectivity index (χ0) is 26.9. The number of nitrogens with one attached hydrogen (secondary N) is 1. The zero-order valence-corrected chi connectivity index (χ0v) is 23.4. The Bertz CT molecular complexity index is 1270. The predicted molar refractivity (Wildman–Crippen MR) is 157 cm³/mol. The van der Waals surface area contributed by atoms with Gasteiger partial charge in [-0.25, -0.2) is 9.97 Å². The molecule has 0 aliphatic heterocycles. The molecule has 7 nitrogen and oxygen atoms in total. The van der Waals surface area contributed by atoms with Crippen LogP contribution in [0.2, 0.25) is 0 Å². The fourth-order valence-electron chi connectivity index (χ4n) is 4.55. The van der Waals surface area contributed by atoms with Crippen LogP contribution in [0, 0.1) is 18.8 Å². The van der Waals surface area contributed by atoms with Crippen molar-refractivity contribution in [1.82, 2.24) is 24.9 Å². The minimum Gasteiger partial charge on any atom is -0.323 e. The van der Waals surface area contributed by atoms with Gasteiger partial charge < -0.3 is 9.62 Å². The first-order valence-electron chi connectivity index (χ1n) is 13.2. The molecule has 198 valence electrons. The smallest absolute Gasteiger partial charge is 0.152 e. The number of aryl methyl sites for hydroxylation is 1. The van der Waals surface area contributed by atoms with Crippen LogP contribution in [0.1, 0.15) is 62.9 Å². The number of hydrogen-bond donors (Lipinski definition) is 1. The van der Waals surface area contributed by atoms with Gasteiger partial charge in [-0.05, 0) is 55.7 Å². The molecule has 0 aromatic carbocycles. The van der Waals surface area contributed by atoms with Crippen LogP contribution in [0.25, 0.3) is 6.08 Å². The van der Waals surface area contributed by atoms with Crippen molar-refractivity contribution in [3.63, 3.8) is 0 Å². The normalized spacial score (nSPS) is 17.3. The topological polar surface area (TPSA) is 79.7 Å². The van der Waals surface area contributed by atoms with Crippen LogP contribution in [0.4, 0.5) is 11.5 Å². The first kappa shape index (κ1) is 27.5. The van der Waals surface area contributed by atoms with Crippen LogP contribution in [-0.4, -0.2) is 24.9 Å². The summed E-state index contributed by atoms with van der Waals surface area (Å²) in [6.45, 7) is 15.6. The Labute approximate surface area is 230 Å². The number of nitrogens with zero attached hydrogens (tertiary/aromatic N) is 6. The lowest BCUT2D eigenvalue weighted by molar-refractivity contribution is 0.310. The second-order valence-corrected chi connectivity index (χ2v) is 10.8. The van der Waals surface area contributed by atoms with Crippen LogP contribution in [0.5, 0.6) is 0 Å². The lowest BCUT2D eigenvalue weighted by Gasteiger charge is -2.34. The molecule has 0 bridgehead atoms. The maximum atomic E-state index is 4.90. The van der Waals surface area contributed by atoms with Crippen LogP contribution in [0.3, 0.4) is 0 Å². The van der Waals surface area contributed by atoms with Gasteiger partial charge in [-0.2, -0.15) is 0 Å². The Hall–Kier alpha value is -3.52. The van der Waals surface area contributed by atoms with Gasteiger partial charge in [0.15, 0.2) is 5.82 Å². The largest absolute Gasteiger partial charge is 0.323 e. The van der Waals surface area contributed by atoms with Gasteiger partial charge in [0.1, 0.15) is 5.03 Å². The fourth-order valence-corrected chi connectivity index (χ4v) is 5.09. The van der Waals surface area contributed by atoms with Crippen molar-refractivity contribution in [3.05, 3.63) is 90.7 Å². The SMILES string of the molecule is C=C(/C=C/c1cncc(N(Cc2cnc(SNc3cncc(C)c3)cn2)C(=C)C2CCCC(C)C2)n1)CC. The van der Waals surface area contributed by atoms with Crippen LogP contribution >= 0.6 is 11.9 Å². The average Bonchev–Trinajstić information content (AvgIpc) is 2.94. The lowest BCUT2D eigenvalue weighted by atomic mass is 9.80. The van der Waals surface area contributed by atoms with E-state index in [4.69, 9.17) is 9.97 Å². The molecule has 1 aliphatic carbocycles. The molecule has 0 amide bonds.